The summed E-state index contributed by atoms with van der Waals surface area (Å²) in [5.41, 5.74) is 3.11. The maximum absolute atomic E-state index is 12.7. The van der Waals surface area contributed by atoms with Crippen molar-refractivity contribution in [3.63, 3.8) is 0 Å². The summed E-state index contributed by atoms with van der Waals surface area (Å²) in [4.78, 5) is 16.4. The van der Waals surface area contributed by atoms with Crippen LogP contribution in [0.2, 0.25) is 0 Å². The summed E-state index contributed by atoms with van der Waals surface area (Å²) in [5, 5.41) is 7.06. The minimum absolute atomic E-state index is 0.284. The number of ether oxygens (including phenoxy) is 2. The van der Waals surface area contributed by atoms with Gasteiger partial charge in [0, 0.05) is 48.5 Å². The van der Waals surface area contributed by atoms with Crippen LogP contribution < -0.4 is 20.1 Å². The number of carbonyl (C=O) groups excluding carboxylic acids is 1. The predicted molar refractivity (Wildman–Crippen MR) is 119 cm³/mol. The third-order valence-electron chi connectivity index (χ3n) is 5.26. The zero-order valence-electron chi connectivity index (χ0n) is 17.4. The van der Waals surface area contributed by atoms with E-state index in [0.29, 0.717) is 23.7 Å². The number of hydrogen-bond acceptors (Lipinski definition) is 5. The molecule has 158 valence electrons. The number of benzene rings is 1. The van der Waals surface area contributed by atoms with Crippen molar-refractivity contribution < 1.29 is 14.3 Å². The Balaban J connectivity index is 1.53. The fourth-order valence-electron chi connectivity index (χ4n) is 3.69. The molecule has 4 rings (SSSR count). The van der Waals surface area contributed by atoms with Crippen LogP contribution in [0.4, 0.5) is 10.5 Å². The summed E-state index contributed by atoms with van der Waals surface area (Å²) in [6.07, 6.45) is 5.09. The normalized spacial score (nSPS) is 13.6. The molecule has 8 heteroatoms. The van der Waals surface area contributed by atoms with Gasteiger partial charge in [0.25, 0.3) is 0 Å². The molecule has 0 fully saturated rings. The molecule has 0 atom stereocenters. The van der Waals surface area contributed by atoms with Gasteiger partial charge in [-0.1, -0.05) is 0 Å². The molecule has 7 nitrogen and oxygen atoms in total. The number of carbonyl (C=O) groups is 1. The number of aromatic nitrogens is 1. The largest absolute Gasteiger partial charge is 0.497 e. The highest BCUT2D eigenvalue weighted by molar-refractivity contribution is 7.14. The number of rotatable bonds is 6. The Labute approximate surface area is 180 Å². The fraction of sp³-hybridized carbons (Fsp3) is 0.318. The smallest absolute Gasteiger partial charge is 0.319 e. The van der Waals surface area contributed by atoms with E-state index >= 15 is 0 Å². The minimum Gasteiger partial charge on any atom is -0.497 e. The SMILES string of the molecule is COc1ccc(OC)c(NC(=O)NCc2c(-n3cccc3)sc3c2CCN(C)C3)c1. The molecule has 1 aliphatic rings. The zero-order chi connectivity index (χ0) is 21.1. The summed E-state index contributed by atoms with van der Waals surface area (Å²) in [7, 11) is 5.30. The van der Waals surface area contributed by atoms with Crippen LogP contribution in [-0.4, -0.2) is 43.3 Å². The third-order valence-corrected chi connectivity index (χ3v) is 6.53. The van der Waals surface area contributed by atoms with Crippen molar-refractivity contribution in [3.8, 4) is 16.5 Å². The van der Waals surface area contributed by atoms with Crippen LogP contribution >= 0.6 is 11.3 Å². The van der Waals surface area contributed by atoms with E-state index in [-0.39, 0.29) is 6.03 Å². The van der Waals surface area contributed by atoms with Gasteiger partial charge in [0.15, 0.2) is 0 Å². The number of nitrogens with zero attached hydrogens (tertiary/aromatic N) is 2. The van der Waals surface area contributed by atoms with Gasteiger partial charge >= 0.3 is 6.03 Å². The zero-order valence-corrected chi connectivity index (χ0v) is 18.2. The van der Waals surface area contributed by atoms with Gasteiger partial charge in [0.2, 0.25) is 0 Å². The van der Waals surface area contributed by atoms with Crippen molar-refractivity contribution >= 4 is 23.1 Å². The lowest BCUT2D eigenvalue weighted by atomic mass is 10.0. The van der Waals surface area contributed by atoms with Crippen LogP contribution in [0, 0.1) is 0 Å². The molecule has 1 aliphatic heterocycles. The number of urea groups is 1. The number of thiophene rings is 1. The molecule has 0 unspecified atom stereocenters. The molecule has 3 heterocycles. The molecule has 1 aromatic carbocycles. The van der Waals surface area contributed by atoms with E-state index in [1.165, 1.54) is 21.0 Å². The lowest BCUT2D eigenvalue weighted by molar-refractivity contribution is 0.251. The predicted octanol–water partition coefficient (Wildman–Crippen LogP) is 3.87. The molecular formula is C22H26N4O3S. The number of nitrogens with one attached hydrogen (secondary N) is 2. The second kappa shape index (κ2) is 8.81. The van der Waals surface area contributed by atoms with E-state index < -0.39 is 0 Å². The molecular weight excluding hydrogens is 400 g/mol. The molecule has 2 N–H and O–H groups in total. The van der Waals surface area contributed by atoms with Gasteiger partial charge in [-0.3, -0.25) is 0 Å². The second-order valence-corrected chi connectivity index (χ2v) is 8.32. The molecule has 0 bridgehead atoms. The maximum Gasteiger partial charge on any atom is 0.319 e. The van der Waals surface area contributed by atoms with Crippen LogP contribution in [-0.2, 0) is 19.5 Å². The van der Waals surface area contributed by atoms with Crippen LogP contribution in [0.1, 0.15) is 16.0 Å². The minimum atomic E-state index is -0.284. The van der Waals surface area contributed by atoms with Gasteiger partial charge < -0.3 is 29.6 Å². The molecule has 0 saturated carbocycles. The molecule has 3 aromatic rings. The molecule has 2 amide bonds. The van der Waals surface area contributed by atoms with E-state index in [1.807, 2.05) is 24.5 Å². The Hall–Kier alpha value is -2.97. The summed E-state index contributed by atoms with van der Waals surface area (Å²) in [6.45, 7) is 2.43. The molecule has 0 saturated heterocycles. The summed E-state index contributed by atoms with van der Waals surface area (Å²) < 4.78 is 12.7. The third kappa shape index (κ3) is 4.15. The summed E-state index contributed by atoms with van der Waals surface area (Å²) >= 11 is 1.80. The summed E-state index contributed by atoms with van der Waals surface area (Å²) in [5.74, 6) is 1.23. The van der Waals surface area contributed by atoms with Gasteiger partial charge in [-0.25, -0.2) is 4.79 Å². The van der Waals surface area contributed by atoms with Crippen molar-refractivity contribution in [3.05, 3.63) is 58.7 Å². The highest BCUT2D eigenvalue weighted by atomic mass is 32.1. The van der Waals surface area contributed by atoms with E-state index in [2.05, 4.69) is 27.1 Å². The number of methoxy groups -OCH3 is 2. The number of anilines is 1. The van der Waals surface area contributed by atoms with Crippen molar-refractivity contribution in [1.82, 2.24) is 14.8 Å². The Bertz CT molecular complexity index is 1030. The Morgan fingerprint density at radius 2 is 2.00 bits per heavy atom. The highest BCUT2D eigenvalue weighted by Gasteiger charge is 2.23. The van der Waals surface area contributed by atoms with Crippen LogP contribution in [0.3, 0.4) is 0 Å². The molecule has 0 spiro atoms. The molecule has 0 radical (unpaired) electrons. The van der Waals surface area contributed by atoms with Gasteiger partial charge in [0.1, 0.15) is 16.5 Å². The first-order chi connectivity index (χ1) is 14.6. The maximum atomic E-state index is 12.7. The lowest BCUT2D eigenvalue weighted by Crippen LogP contribution is -2.30. The van der Waals surface area contributed by atoms with Crippen molar-refractivity contribution in [2.75, 3.05) is 33.1 Å². The molecule has 0 aliphatic carbocycles. The first-order valence-corrected chi connectivity index (χ1v) is 10.6. The number of likely N-dealkylation sites (N-methyl/N-ethyl adjacent to an activating group) is 1. The van der Waals surface area contributed by atoms with Gasteiger partial charge in [0.05, 0.1) is 19.9 Å². The van der Waals surface area contributed by atoms with Gasteiger partial charge in [-0.05, 0) is 43.3 Å². The number of amides is 2. The summed E-state index contributed by atoms with van der Waals surface area (Å²) in [6, 6.07) is 9.05. The van der Waals surface area contributed by atoms with Crippen molar-refractivity contribution in [1.29, 1.82) is 0 Å². The van der Waals surface area contributed by atoms with E-state index in [4.69, 9.17) is 9.47 Å². The van der Waals surface area contributed by atoms with Crippen LogP contribution in [0.5, 0.6) is 11.5 Å². The fourth-order valence-corrected chi connectivity index (χ4v) is 5.10. The van der Waals surface area contributed by atoms with Gasteiger partial charge in [-0.2, -0.15) is 0 Å². The average Bonchev–Trinajstić information content (AvgIpc) is 3.39. The molecule has 2 aromatic heterocycles. The van der Waals surface area contributed by atoms with Crippen LogP contribution in [0.15, 0.2) is 42.7 Å². The second-order valence-electron chi connectivity index (χ2n) is 7.24. The van der Waals surface area contributed by atoms with Crippen molar-refractivity contribution in [2.24, 2.45) is 0 Å². The lowest BCUT2D eigenvalue weighted by Gasteiger charge is -2.22. The van der Waals surface area contributed by atoms with E-state index in [9.17, 15) is 4.79 Å². The Morgan fingerprint density at radius 3 is 2.73 bits per heavy atom. The van der Waals surface area contributed by atoms with Crippen LogP contribution in [0.25, 0.3) is 5.00 Å². The van der Waals surface area contributed by atoms with Gasteiger partial charge in [-0.15, -0.1) is 11.3 Å². The van der Waals surface area contributed by atoms with Crippen molar-refractivity contribution in [2.45, 2.75) is 19.5 Å². The highest BCUT2D eigenvalue weighted by Crippen LogP contribution is 2.35. The quantitative estimate of drug-likeness (QED) is 0.628. The van der Waals surface area contributed by atoms with E-state index in [1.54, 1.807) is 43.8 Å². The average molecular weight is 427 g/mol. The van der Waals surface area contributed by atoms with E-state index in [0.717, 1.165) is 19.5 Å². The Morgan fingerprint density at radius 1 is 1.20 bits per heavy atom. The number of hydrogen-bond donors (Lipinski definition) is 2. The molecule has 30 heavy (non-hydrogen) atoms. The standard InChI is InChI=1S/C22H26N4O3S/c1-25-11-8-16-17(21(30-20(16)14-25)26-9-4-5-10-26)13-23-22(27)24-18-12-15(28-2)6-7-19(18)29-3/h4-7,9-10,12H,8,11,13-14H2,1-3H3,(H2,23,24,27). The first kappa shape index (κ1) is 20.3. The first-order valence-electron chi connectivity index (χ1n) is 9.81. The number of fused-ring (bicyclic) bond motifs is 1. The monoisotopic (exact) mass is 426 g/mol. The topological polar surface area (TPSA) is 67.8 Å². The Kier molecular flexibility index (Phi) is 5.96.